The Bertz CT molecular complexity index is 398. The van der Waals surface area contributed by atoms with E-state index in [2.05, 4.69) is 28.4 Å². The Labute approximate surface area is 104 Å². The fourth-order valence-corrected chi connectivity index (χ4v) is 2.06. The highest BCUT2D eigenvalue weighted by Crippen LogP contribution is 2.07. The first-order chi connectivity index (χ1) is 8.08. The Kier molecular flexibility index (Phi) is 6.22. The first kappa shape index (κ1) is 14.2. The van der Waals surface area contributed by atoms with E-state index in [1.807, 2.05) is 6.07 Å². The lowest BCUT2D eigenvalue weighted by Gasteiger charge is -2.02. The standard InChI is InChI=1S/C13H20O3S/c1-17(14,15)16-12-8-3-2-5-9-13-10-6-4-7-11-13/h4,6-7,10-11H,2-3,5,8-9,12H2,1H3. The van der Waals surface area contributed by atoms with E-state index in [4.69, 9.17) is 0 Å². The molecule has 1 aromatic carbocycles. The number of rotatable bonds is 8. The molecule has 0 unspecified atom stereocenters. The lowest BCUT2D eigenvalue weighted by Crippen LogP contribution is -2.03. The molecule has 0 aliphatic rings. The fraction of sp³-hybridized carbons (Fsp3) is 0.538. The van der Waals surface area contributed by atoms with E-state index in [9.17, 15) is 8.42 Å². The van der Waals surface area contributed by atoms with Crippen LogP contribution in [0.2, 0.25) is 0 Å². The maximum absolute atomic E-state index is 10.7. The molecular formula is C13H20O3S. The highest BCUT2D eigenvalue weighted by atomic mass is 32.2. The summed E-state index contributed by atoms with van der Waals surface area (Å²) in [4.78, 5) is 0. The summed E-state index contributed by atoms with van der Waals surface area (Å²) in [7, 11) is -3.26. The van der Waals surface area contributed by atoms with E-state index in [0.717, 1.165) is 38.4 Å². The van der Waals surface area contributed by atoms with Gasteiger partial charge in [-0.15, -0.1) is 0 Å². The van der Waals surface area contributed by atoms with Crippen LogP contribution in [-0.4, -0.2) is 21.3 Å². The minimum Gasteiger partial charge on any atom is -0.270 e. The van der Waals surface area contributed by atoms with Crippen molar-refractivity contribution in [1.29, 1.82) is 0 Å². The Morgan fingerprint density at radius 2 is 1.65 bits per heavy atom. The van der Waals surface area contributed by atoms with Gasteiger partial charge in [-0.25, -0.2) is 0 Å². The van der Waals surface area contributed by atoms with Crippen molar-refractivity contribution in [2.75, 3.05) is 12.9 Å². The highest BCUT2D eigenvalue weighted by Gasteiger charge is 2.00. The third kappa shape index (κ3) is 7.94. The Morgan fingerprint density at radius 3 is 2.29 bits per heavy atom. The monoisotopic (exact) mass is 256 g/mol. The zero-order valence-corrected chi connectivity index (χ0v) is 11.1. The van der Waals surface area contributed by atoms with Crippen molar-refractivity contribution in [1.82, 2.24) is 0 Å². The molecule has 0 aliphatic carbocycles. The van der Waals surface area contributed by atoms with Gasteiger partial charge in [-0.1, -0.05) is 43.2 Å². The van der Waals surface area contributed by atoms with Gasteiger partial charge in [-0.2, -0.15) is 8.42 Å². The van der Waals surface area contributed by atoms with Crippen LogP contribution in [0, 0.1) is 0 Å². The number of hydrogen-bond acceptors (Lipinski definition) is 3. The number of unbranched alkanes of at least 4 members (excludes halogenated alkanes) is 3. The van der Waals surface area contributed by atoms with Gasteiger partial charge in [0.05, 0.1) is 12.9 Å². The van der Waals surface area contributed by atoms with Crippen molar-refractivity contribution in [2.45, 2.75) is 32.1 Å². The highest BCUT2D eigenvalue weighted by molar-refractivity contribution is 7.85. The third-order valence-electron chi connectivity index (χ3n) is 2.50. The van der Waals surface area contributed by atoms with Crippen LogP contribution >= 0.6 is 0 Å². The topological polar surface area (TPSA) is 43.4 Å². The average Bonchev–Trinajstić information content (AvgIpc) is 2.28. The van der Waals surface area contributed by atoms with Crippen LogP contribution < -0.4 is 0 Å². The van der Waals surface area contributed by atoms with Gasteiger partial charge in [0.1, 0.15) is 0 Å². The summed E-state index contributed by atoms with van der Waals surface area (Å²) in [5, 5.41) is 0. The molecule has 0 saturated carbocycles. The molecular weight excluding hydrogens is 236 g/mol. The van der Waals surface area contributed by atoms with Crippen molar-refractivity contribution < 1.29 is 12.6 Å². The minimum atomic E-state index is -3.26. The van der Waals surface area contributed by atoms with E-state index in [0.29, 0.717) is 6.61 Å². The van der Waals surface area contributed by atoms with Gasteiger partial charge < -0.3 is 0 Å². The van der Waals surface area contributed by atoms with Gasteiger partial charge >= 0.3 is 0 Å². The largest absolute Gasteiger partial charge is 0.270 e. The normalized spacial score (nSPS) is 11.6. The predicted molar refractivity (Wildman–Crippen MR) is 69.4 cm³/mol. The van der Waals surface area contributed by atoms with Crippen molar-refractivity contribution >= 4 is 10.1 Å². The third-order valence-corrected chi connectivity index (χ3v) is 3.09. The summed E-state index contributed by atoms with van der Waals surface area (Å²) in [6.07, 6.45) is 6.26. The molecule has 0 heterocycles. The van der Waals surface area contributed by atoms with Crippen LogP contribution in [0.3, 0.4) is 0 Å². The van der Waals surface area contributed by atoms with Gasteiger partial charge in [0.2, 0.25) is 0 Å². The summed E-state index contributed by atoms with van der Waals surface area (Å²) in [6.45, 7) is 0.310. The van der Waals surface area contributed by atoms with Crippen LogP contribution in [0.4, 0.5) is 0 Å². The second-order valence-electron chi connectivity index (χ2n) is 4.18. The van der Waals surface area contributed by atoms with Crippen molar-refractivity contribution in [3.05, 3.63) is 35.9 Å². The lowest BCUT2D eigenvalue weighted by molar-refractivity contribution is 0.310. The molecule has 17 heavy (non-hydrogen) atoms. The Balaban J connectivity index is 1.99. The van der Waals surface area contributed by atoms with Crippen LogP contribution in [-0.2, 0) is 20.7 Å². The zero-order chi connectivity index (χ0) is 12.6. The molecule has 3 nitrogen and oxygen atoms in total. The smallest absolute Gasteiger partial charge is 0.264 e. The van der Waals surface area contributed by atoms with Crippen molar-refractivity contribution in [2.24, 2.45) is 0 Å². The van der Waals surface area contributed by atoms with Crippen molar-refractivity contribution in [3.8, 4) is 0 Å². The lowest BCUT2D eigenvalue weighted by atomic mass is 10.1. The minimum absolute atomic E-state index is 0.310. The molecule has 0 radical (unpaired) electrons. The molecule has 0 spiro atoms. The van der Waals surface area contributed by atoms with Crippen LogP contribution in [0.5, 0.6) is 0 Å². The summed E-state index contributed by atoms with van der Waals surface area (Å²) < 4.78 is 26.0. The van der Waals surface area contributed by atoms with Crippen molar-refractivity contribution in [3.63, 3.8) is 0 Å². The van der Waals surface area contributed by atoms with Gasteiger partial charge in [0, 0.05) is 0 Å². The number of hydrogen-bond donors (Lipinski definition) is 0. The summed E-state index contributed by atoms with van der Waals surface area (Å²) in [5.41, 5.74) is 1.36. The van der Waals surface area contributed by atoms with Gasteiger partial charge in [0.25, 0.3) is 10.1 Å². The maximum Gasteiger partial charge on any atom is 0.264 e. The molecule has 0 aliphatic heterocycles. The fourth-order valence-electron chi connectivity index (χ4n) is 1.64. The molecule has 0 atom stereocenters. The van der Waals surface area contributed by atoms with Crippen LogP contribution in [0.25, 0.3) is 0 Å². The zero-order valence-electron chi connectivity index (χ0n) is 10.3. The molecule has 4 heteroatoms. The maximum atomic E-state index is 10.7. The van der Waals surface area contributed by atoms with E-state index in [-0.39, 0.29) is 0 Å². The SMILES string of the molecule is CS(=O)(=O)OCCCCCCc1ccccc1. The van der Waals surface area contributed by atoms with Crippen LogP contribution in [0.1, 0.15) is 31.2 Å². The average molecular weight is 256 g/mol. The second kappa shape index (κ2) is 7.45. The first-order valence-electron chi connectivity index (χ1n) is 5.96. The number of aryl methyl sites for hydroxylation is 1. The molecule has 0 aromatic heterocycles. The van der Waals surface area contributed by atoms with E-state index in [1.165, 1.54) is 5.56 Å². The predicted octanol–water partition coefficient (Wildman–Crippen LogP) is 2.77. The van der Waals surface area contributed by atoms with E-state index >= 15 is 0 Å². The molecule has 0 fully saturated rings. The molecule has 0 amide bonds. The number of benzene rings is 1. The van der Waals surface area contributed by atoms with E-state index in [1.54, 1.807) is 0 Å². The van der Waals surface area contributed by atoms with Gasteiger partial charge in [-0.3, -0.25) is 4.18 Å². The first-order valence-corrected chi connectivity index (χ1v) is 7.78. The summed E-state index contributed by atoms with van der Waals surface area (Å²) in [6, 6.07) is 10.4. The quantitative estimate of drug-likeness (QED) is 0.530. The van der Waals surface area contributed by atoms with E-state index < -0.39 is 10.1 Å². The molecule has 0 N–H and O–H groups in total. The second-order valence-corrected chi connectivity index (χ2v) is 5.82. The molecule has 96 valence electrons. The van der Waals surface area contributed by atoms with Gasteiger partial charge in [0.15, 0.2) is 0 Å². The molecule has 0 saturated heterocycles. The molecule has 1 aromatic rings. The Morgan fingerprint density at radius 1 is 1.00 bits per heavy atom. The summed E-state index contributed by atoms with van der Waals surface area (Å²) >= 11 is 0. The van der Waals surface area contributed by atoms with Gasteiger partial charge in [-0.05, 0) is 24.8 Å². The molecule has 0 bridgehead atoms. The molecule has 1 rings (SSSR count). The summed E-state index contributed by atoms with van der Waals surface area (Å²) in [5.74, 6) is 0. The Hall–Kier alpha value is -0.870. The van der Waals surface area contributed by atoms with Crippen LogP contribution in [0.15, 0.2) is 30.3 Å².